The summed E-state index contributed by atoms with van der Waals surface area (Å²) in [6.07, 6.45) is -1.30. The second-order valence-electron chi connectivity index (χ2n) is 4.08. The van der Waals surface area contributed by atoms with Crippen LogP contribution in [-0.2, 0) is 19.1 Å². The van der Waals surface area contributed by atoms with Gasteiger partial charge in [0.05, 0.1) is 6.20 Å². The first-order valence-corrected chi connectivity index (χ1v) is 5.33. The molecule has 0 amide bonds. The van der Waals surface area contributed by atoms with Crippen LogP contribution in [0, 0.1) is 0 Å². The minimum Gasteiger partial charge on any atom is -0.312 e. The van der Waals surface area contributed by atoms with Crippen LogP contribution in [0.5, 0.6) is 0 Å². The molecule has 0 aliphatic carbocycles. The van der Waals surface area contributed by atoms with Gasteiger partial charge in [-0.2, -0.15) is 13.2 Å². The molecule has 17 heavy (non-hydrogen) atoms. The van der Waals surface area contributed by atoms with Gasteiger partial charge in [0.15, 0.2) is 0 Å². The molecule has 1 N–H and O–H groups in total. The normalized spacial score (nSPS) is 16.2. The number of halogens is 3. The van der Waals surface area contributed by atoms with E-state index in [4.69, 9.17) is 0 Å². The minimum atomic E-state index is -4.36. The monoisotopic (exact) mass is 241 g/mol. The van der Waals surface area contributed by atoms with Crippen molar-refractivity contribution in [3.05, 3.63) is 35.3 Å². The molecule has 1 aliphatic rings. The summed E-state index contributed by atoms with van der Waals surface area (Å²) >= 11 is 0. The number of fused-ring (bicyclic) bond motifs is 3. The van der Waals surface area contributed by atoms with E-state index in [2.05, 4.69) is 10.3 Å². The van der Waals surface area contributed by atoms with Gasteiger partial charge in [-0.05, 0) is 24.6 Å². The minimum absolute atomic E-state index is 0.427. The first-order chi connectivity index (χ1) is 8.07. The molecule has 1 aliphatic heterocycles. The van der Waals surface area contributed by atoms with Gasteiger partial charge >= 0.3 is 6.18 Å². The number of hydrogen-bond donors (Lipinski definition) is 1. The zero-order valence-electron chi connectivity index (χ0n) is 8.88. The highest BCUT2D eigenvalue weighted by molar-refractivity contribution is 5.54. The average Bonchev–Trinajstić information content (AvgIpc) is 2.72. The highest BCUT2D eigenvalue weighted by atomic mass is 19.4. The summed E-state index contributed by atoms with van der Waals surface area (Å²) in [7, 11) is 0. The number of imidazole rings is 1. The largest absolute Gasteiger partial charge is 0.433 e. The van der Waals surface area contributed by atoms with Crippen LogP contribution < -0.4 is 5.32 Å². The number of alkyl halides is 3. The van der Waals surface area contributed by atoms with Crippen molar-refractivity contribution in [2.45, 2.75) is 19.1 Å². The fourth-order valence-corrected chi connectivity index (χ4v) is 2.23. The van der Waals surface area contributed by atoms with Crippen molar-refractivity contribution in [2.75, 3.05) is 6.54 Å². The third kappa shape index (κ3) is 1.59. The maximum atomic E-state index is 12.7. The van der Waals surface area contributed by atoms with Crippen LogP contribution in [0.15, 0.2) is 18.5 Å². The number of nitrogens with zero attached hydrogens (tertiary/aromatic N) is 2. The zero-order valence-corrected chi connectivity index (χ0v) is 8.88. The third-order valence-electron chi connectivity index (χ3n) is 3.04. The Morgan fingerprint density at radius 3 is 2.94 bits per heavy atom. The van der Waals surface area contributed by atoms with Gasteiger partial charge in [0.1, 0.15) is 11.3 Å². The Kier molecular flexibility index (Phi) is 2.16. The quantitative estimate of drug-likeness (QED) is 0.764. The molecule has 3 nitrogen and oxygen atoms in total. The lowest BCUT2D eigenvalue weighted by molar-refractivity contribution is -0.141. The molecule has 6 heteroatoms. The molecule has 3 heterocycles. The summed E-state index contributed by atoms with van der Waals surface area (Å²) in [5, 5.41) is 3.18. The molecule has 0 saturated heterocycles. The second kappa shape index (κ2) is 3.46. The fraction of sp³-hybridized carbons (Fsp3) is 0.364. The van der Waals surface area contributed by atoms with Crippen molar-refractivity contribution >= 4 is 5.65 Å². The second-order valence-corrected chi connectivity index (χ2v) is 4.08. The van der Waals surface area contributed by atoms with Crippen LogP contribution in [-0.4, -0.2) is 15.9 Å². The van der Waals surface area contributed by atoms with Crippen LogP contribution in [0.2, 0.25) is 0 Å². The smallest absolute Gasteiger partial charge is 0.312 e. The summed E-state index contributed by atoms with van der Waals surface area (Å²) in [5.41, 5.74) is 1.66. The van der Waals surface area contributed by atoms with Gasteiger partial charge in [-0.1, -0.05) is 0 Å². The Morgan fingerprint density at radius 2 is 2.18 bits per heavy atom. The average molecular weight is 241 g/mol. The van der Waals surface area contributed by atoms with Gasteiger partial charge in [0.2, 0.25) is 0 Å². The zero-order chi connectivity index (χ0) is 12.0. The van der Waals surface area contributed by atoms with Crippen molar-refractivity contribution in [2.24, 2.45) is 0 Å². The van der Waals surface area contributed by atoms with Gasteiger partial charge in [0.25, 0.3) is 0 Å². The highest BCUT2D eigenvalue weighted by Crippen LogP contribution is 2.31. The van der Waals surface area contributed by atoms with E-state index in [9.17, 15) is 13.2 Å². The molecule has 0 saturated carbocycles. The first-order valence-electron chi connectivity index (χ1n) is 5.33. The van der Waals surface area contributed by atoms with Gasteiger partial charge < -0.3 is 5.32 Å². The summed E-state index contributed by atoms with van der Waals surface area (Å²) in [6.45, 7) is 1.47. The molecule has 0 bridgehead atoms. The summed E-state index contributed by atoms with van der Waals surface area (Å²) in [4.78, 5) is 3.91. The van der Waals surface area contributed by atoms with E-state index < -0.39 is 11.9 Å². The summed E-state index contributed by atoms with van der Waals surface area (Å²) < 4.78 is 39.3. The number of pyridine rings is 1. The standard InChI is InChI=1S/C11H10F3N3/c12-11(13,14)9-6-16-10-8-1-3-15-5-7(8)2-4-17(9)10/h2,4,6,15H,1,3,5H2. The molecule has 0 radical (unpaired) electrons. The Bertz CT molecular complexity index is 571. The Hall–Kier alpha value is -1.56. The molecule has 0 aromatic carbocycles. The van der Waals surface area contributed by atoms with Crippen molar-refractivity contribution < 1.29 is 13.2 Å². The molecule has 0 spiro atoms. The number of nitrogens with one attached hydrogen (secondary N) is 1. The van der Waals surface area contributed by atoms with Crippen LogP contribution in [0.4, 0.5) is 13.2 Å². The number of hydrogen-bond acceptors (Lipinski definition) is 2. The van der Waals surface area contributed by atoms with E-state index in [0.29, 0.717) is 18.6 Å². The van der Waals surface area contributed by atoms with Crippen molar-refractivity contribution in [1.82, 2.24) is 14.7 Å². The molecule has 90 valence electrons. The predicted octanol–water partition coefficient (Wildman–Crippen LogP) is 2.00. The third-order valence-corrected chi connectivity index (χ3v) is 3.04. The van der Waals surface area contributed by atoms with E-state index in [0.717, 1.165) is 28.3 Å². The highest BCUT2D eigenvalue weighted by Gasteiger charge is 2.35. The number of rotatable bonds is 0. The molecule has 0 atom stereocenters. The van der Waals surface area contributed by atoms with E-state index >= 15 is 0 Å². The van der Waals surface area contributed by atoms with E-state index in [1.54, 1.807) is 6.07 Å². The van der Waals surface area contributed by atoms with Crippen LogP contribution in [0.25, 0.3) is 5.65 Å². The van der Waals surface area contributed by atoms with Gasteiger partial charge in [0, 0.05) is 18.3 Å². The van der Waals surface area contributed by atoms with E-state index in [1.807, 2.05) is 0 Å². The van der Waals surface area contributed by atoms with Crippen molar-refractivity contribution in [1.29, 1.82) is 0 Å². The number of aromatic nitrogens is 2. The lowest BCUT2D eigenvalue weighted by Crippen LogP contribution is -2.24. The lowest BCUT2D eigenvalue weighted by atomic mass is 10.0. The topological polar surface area (TPSA) is 29.3 Å². The molecule has 0 unspecified atom stereocenters. The van der Waals surface area contributed by atoms with Gasteiger partial charge in [-0.3, -0.25) is 4.40 Å². The maximum Gasteiger partial charge on any atom is 0.433 e. The molecule has 3 rings (SSSR count). The SMILES string of the molecule is FC(F)(F)c1cnc2c3c(ccn12)CNCC3. The molecular weight excluding hydrogens is 231 g/mol. The Labute approximate surface area is 95.3 Å². The van der Waals surface area contributed by atoms with Gasteiger partial charge in [-0.15, -0.1) is 0 Å². The molecule has 2 aromatic rings. The maximum absolute atomic E-state index is 12.7. The molecule has 2 aromatic heterocycles. The van der Waals surface area contributed by atoms with Crippen LogP contribution in [0.1, 0.15) is 16.8 Å². The lowest BCUT2D eigenvalue weighted by Gasteiger charge is -2.18. The summed E-state index contributed by atoms with van der Waals surface area (Å²) in [5.74, 6) is 0. The van der Waals surface area contributed by atoms with Crippen LogP contribution in [0.3, 0.4) is 0 Å². The van der Waals surface area contributed by atoms with Crippen LogP contribution >= 0.6 is 0 Å². The Balaban J connectivity index is 2.26. The summed E-state index contributed by atoms with van der Waals surface area (Å²) in [6, 6.07) is 1.73. The molecular formula is C11H10F3N3. The fourth-order valence-electron chi connectivity index (χ4n) is 2.23. The first kappa shape index (κ1) is 10.6. The Morgan fingerprint density at radius 1 is 1.35 bits per heavy atom. The predicted molar refractivity (Wildman–Crippen MR) is 55.6 cm³/mol. The van der Waals surface area contributed by atoms with Gasteiger partial charge in [-0.25, -0.2) is 4.98 Å². The van der Waals surface area contributed by atoms with E-state index in [-0.39, 0.29) is 0 Å². The van der Waals surface area contributed by atoms with E-state index in [1.165, 1.54) is 6.20 Å². The molecule has 0 fully saturated rings. The van der Waals surface area contributed by atoms with Crippen molar-refractivity contribution in [3.63, 3.8) is 0 Å². The van der Waals surface area contributed by atoms with Crippen molar-refractivity contribution in [3.8, 4) is 0 Å².